The number of unbranched alkanes of at least 4 members (excludes halogenated alkanes) is 3. The fourth-order valence-electron chi connectivity index (χ4n) is 3.83. The molecule has 0 bridgehead atoms. The number of aryl methyl sites for hydroxylation is 2. The predicted molar refractivity (Wildman–Crippen MR) is 131 cm³/mol. The first-order chi connectivity index (χ1) is 15.7. The van der Waals surface area contributed by atoms with Gasteiger partial charge in [0.15, 0.2) is 0 Å². The van der Waals surface area contributed by atoms with Crippen molar-refractivity contribution >= 4 is 33.2 Å². The van der Waals surface area contributed by atoms with Crippen LogP contribution in [0.4, 0.5) is 11.4 Å². The minimum atomic E-state index is -3.57. The van der Waals surface area contributed by atoms with Crippen LogP contribution in [0.25, 0.3) is 0 Å². The van der Waals surface area contributed by atoms with Gasteiger partial charge in [-0.2, -0.15) is 0 Å². The summed E-state index contributed by atoms with van der Waals surface area (Å²) in [6.07, 6.45) is 4.13. The second kappa shape index (κ2) is 10.9. The number of hydrogen-bond acceptors (Lipinski definition) is 4. The zero-order valence-corrected chi connectivity index (χ0v) is 20.4. The lowest BCUT2D eigenvalue weighted by Crippen LogP contribution is -2.28. The number of nitrogens with one attached hydrogen (secondary N) is 2. The van der Waals surface area contributed by atoms with Crippen molar-refractivity contribution in [1.29, 1.82) is 0 Å². The highest BCUT2D eigenvalue weighted by Crippen LogP contribution is 2.27. The van der Waals surface area contributed by atoms with E-state index in [1.165, 1.54) is 12.1 Å². The zero-order valence-electron chi connectivity index (χ0n) is 19.6. The normalized spacial score (nSPS) is 16.3. The second-order valence-electron chi connectivity index (χ2n) is 8.65. The van der Waals surface area contributed by atoms with Gasteiger partial charge >= 0.3 is 0 Å². The van der Waals surface area contributed by atoms with Gasteiger partial charge in [-0.1, -0.05) is 32.3 Å². The van der Waals surface area contributed by atoms with E-state index in [4.69, 9.17) is 0 Å². The average molecular weight is 472 g/mol. The van der Waals surface area contributed by atoms with E-state index in [0.29, 0.717) is 18.8 Å². The van der Waals surface area contributed by atoms with Crippen molar-refractivity contribution in [3.63, 3.8) is 0 Å². The van der Waals surface area contributed by atoms with Crippen molar-refractivity contribution in [3.8, 4) is 0 Å². The molecule has 1 aliphatic heterocycles. The molecule has 1 heterocycles. The standard InChI is InChI=1S/C25H33N3O4S/c1-4-5-6-7-14-26-33(31,32)23-12-9-21(10-13-23)27-25(30)20-16-24(29)28(17-20)22-11-8-18(2)19(3)15-22/h8-13,15,20,26H,4-7,14,16-17H2,1-3H3,(H,27,30). The van der Waals surface area contributed by atoms with E-state index in [0.717, 1.165) is 42.5 Å². The molecule has 1 atom stereocenters. The molecule has 2 aromatic carbocycles. The van der Waals surface area contributed by atoms with Gasteiger partial charge in [0.1, 0.15) is 0 Å². The number of carbonyl (C=O) groups excluding carboxylic acids is 2. The summed E-state index contributed by atoms with van der Waals surface area (Å²) in [4.78, 5) is 27.1. The minimum absolute atomic E-state index is 0.0788. The molecule has 7 nitrogen and oxygen atoms in total. The van der Waals surface area contributed by atoms with Gasteiger partial charge in [0.05, 0.1) is 10.8 Å². The Morgan fingerprint density at radius 2 is 1.76 bits per heavy atom. The summed E-state index contributed by atoms with van der Waals surface area (Å²) in [7, 11) is -3.57. The summed E-state index contributed by atoms with van der Waals surface area (Å²) < 4.78 is 27.4. The number of amides is 2. The van der Waals surface area contributed by atoms with Crippen LogP contribution in [0.3, 0.4) is 0 Å². The largest absolute Gasteiger partial charge is 0.326 e. The van der Waals surface area contributed by atoms with E-state index in [9.17, 15) is 18.0 Å². The van der Waals surface area contributed by atoms with Crippen LogP contribution < -0.4 is 14.9 Å². The monoisotopic (exact) mass is 471 g/mol. The summed E-state index contributed by atoms with van der Waals surface area (Å²) >= 11 is 0. The van der Waals surface area contributed by atoms with Gasteiger partial charge in [0.2, 0.25) is 21.8 Å². The van der Waals surface area contributed by atoms with Gasteiger partial charge in [-0.05, 0) is 67.8 Å². The van der Waals surface area contributed by atoms with Crippen molar-refractivity contribution < 1.29 is 18.0 Å². The Balaban J connectivity index is 1.57. The van der Waals surface area contributed by atoms with E-state index in [2.05, 4.69) is 17.0 Å². The first kappa shape index (κ1) is 24.9. The molecule has 0 aliphatic carbocycles. The Morgan fingerprint density at radius 3 is 2.42 bits per heavy atom. The van der Waals surface area contributed by atoms with Crippen LogP contribution in [-0.2, 0) is 19.6 Å². The molecule has 2 amide bonds. The van der Waals surface area contributed by atoms with Gasteiger partial charge in [0, 0.05) is 30.9 Å². The number of sulfonamides is 1. The molecular weight excluding hydrogens is 438 g/mol. The highest BCUT2D eigenvalue weighted by Gasteiger charge is 2.35. The number of benzene rings is 2. The molecule has 1 fully saturated rings. The maximum absolute atomic E-state index is 12.7. The Hall–Kier alpha value is -2.71. The van der Waals surface area contributed by atoms with Crippen LogP contribution >= 0.6 is 0 Å². The first-order valence-electron chi connectivity index (χ1n) is 11.5. The molecule has 2 aromatic rings. The van der Waals surface area contributed by atoms with Gasteiger partial charge in [-0.15, -0.1) is 0 Å². The molecule has 178 valence electrons. The predicted octanol–water partition coefficient (Wildman–Crippen LogP) is 4.15. The lowest BCUT2D eigenvalue weighted by atomic mass is 10.1. The SMILES string of the molecule is CCCCCCNS(=O)(=O)c1ccc(NC(=O)C2CC(=O)N(c3ccc(C)c(C)c3)C2)cc1. The molecule has 0 radical (unpaired) electrons. The van der Waals surface area contributed by atoms with Crippen LogP contribution in [0, 0.1) is 19.8 Å². The summed E-state index contributed by atoms with van der Waals surface area (Å²) in [5, 5.41) is 2.81. The van der Waals surface area contributed by atoms with Gasteiger partial charge in [-0.25, -0.2) is 13.1 Å². The van der Waals surface area contributed by atoms with Crippen molar-refractivity contribution in [2.45, 2.75) is 57.8 Å². The summed E-state index contributed by atoms with van der Waals surface area (Å²) in [6.45, 7) is 6.85. The van der Waals surface area contributed by atoms with Crippen LogP contribution in [0.1, 0.15) is 50.2 Å². The summed E-state index contributed by atoms with van der Waals surface area (Å²) in [5.41, 5.74) is 3.55. The smallest absolute Gasteiger partial charge is 0.240 e. The fraction of sp³-hybridized carbons (Fsp3) is 0.440. The Bertz CT molecular complexity index is 1100. The maximum atomic E-state index is 12.7. The third-order valence-electron chi connectivity index (χ3n) is 6.05. The second-order valence-corrected chi connectivity index (χ2v) is 10.4. The van der Waals surface area contributed by atoms with E-state index in [-0.39, 0.29) is 23.1 Å². The van der Waals surface area contributed by atoms with E-state index >= 15 is 0 Å². The zero-order chi connectivity index (χ0) is 24.0. The minimum Gasteiger partial charge on any atom is -0.326 e. The Kier molecular flexibility index (Phi) is 8.26. The van der Waals surface area contributed by atoms with Gasteiger partial charge in [0.25, 0.3) is 0 Å². The number of carbonyl (C=O) groups is 2. The Morgan fingerprint density at radius 1 is 1.03 bits per heavy atom. The van der Waals surface area contributed by atoms with Crippen LogP contribution in [0.2, 0.25) is 0 Å². The van der Waals surface area contributed by atoms with E-state index in [1.54, 1.807) is 17.0 Å². The third-order valence-corrected chi connectivity index (χ3v) is 7.53. The van der Waals surface area contributed by atoms with Crippen molar-refractivity contribution in [2.75, 3.05) is 23.3 Å². The lowest BCUT2D eigenvalue weighted by molar-refractivity contribution is -0.122. The molecule has 0 spiro atoms. The fourth-order valence-corrected chi connectivity index (χ4v) is 4.90. The number of anilines is 2. The van der Waals surface area contributed by atoms with E-state index < -0.39 is 15.9 Å². The molecule has 0 saturated carbocycles. The summed E-state index contributed by atoms with van der Waals surface area (Å²) in [6, 6.07) is 11.9. The first-order valence-corrected chi connectivity index (χ1v) is 13.0. The third kappa shape index (κ3) is 6.42. The molecule has 1 saturated heterocycles. The van der Waals surface area contributed by atoms with Crippen molar-refractivity contribution in [1.82, 2.24) is 4.72 Å². The highest BCUT2D eigenvalue weighted by molar-refractivity contribution is 7.89. The van der Waals surface area contributed by atoms with Gasteiger partial charge < -0.3 is 10.2 Å². The molecule has 1 unspecified atom stereocenters. The van der Waals surface area contributed by atoms with Crippen LogP contribution in [-0.4, -0.2) is 33.3 Å². The molecule has 1 aliphatic rings. The molecule has 2 N–H and O–H groups in total. The quantitative estimate of drug-likeness (QED) is 0.509. The number of nitrogens with zero attached hydrogens (tertiary/aromatic N) is 1. The topological polar surface area (TPSA) is 95.6 Å². The highest BCUT2D eigenvalue weighted by atomic mass is 32.2. The summed E-state index contributed by atoms with van der Waals surface area (Å²) in [5.74, 6) is -0.795. The van der Waals surface area contributed by atoms with Crippen molar-refractivity contribution in [3.05, 3.63) is 53.6 Å². The maximum Gasteiger partial charge on any atom is 0.240 e. The van der Waals surface area contributed by atoms with Crippen LogP contribution in [0.5, 0.6) is 0 Å². The molecule has 8 heteroatoms. The van der Waals surface area contributed by atoms with Crippen molar-refractivity contribution in [2.24, 2.45) is 5.92 Å². The molecular formula is C25H33N3O4S. The lowest BCUT2D eigenvalue weighted by Gasteiger charge is -2.18. The van der Waals surface area contributed by atoms with Crippen LogP contribution in [0.15, 0.2) is 47.4 Å². The molecule has 0 aromatic heterocycles. The molecule has 3 rings (SSSR count). The number of rotatable bonds is 10. The Labute approximate surface area is 196 Å². The molecule has 33 heavy (non-hydrogen) atoms. The van der Waals surface area contributed by atoms with Gasteiger partial charge in [-0.3, -0.25) is 9.59 Å². The number of hydrogen-bond donors (Lipinski definition) is 2. The van der Waals surface area contributed by atoms with E-state index in [1.807, 2.05) is 32.0 Å². The average Bonchev–Trinajstić information content (AvgIpc) is 3.17.